The van der Waals surface area contributed by atoms with Gasteiger partial charge in [0.05, 0.1) is 16.1 Å². The van der Waals surface area contributed by atoms with Crippen LogP contribution < -0.4 is 5.32 Å². The molecule has 1 saturated carbocycles. The molecule has 0 radical (unpaired) electrons. The van der Waals surface area contributed by atoms with E-state index in [0.29, 0.717) is 22.2 Å². The summed E-state index contributed by atoms with van der Waals surface area (Å²) >= 11 is 11.9. The zero-order valence-electron chi connectivity index (χ0n) is 10.2. The number of halogens is 2. The van der Waals surface area contributed by atoms with Crippen LogP contribution in [0.1, 0.15) is 24.8 Å². The van der Waals surface area contributed by atoms with Crippen LogP contribution in [0, 0.1) is 5.92 Å². The Morgan fingerprint density at radius 2 is 2.00 bits per heavy atom. The predicted molar refractivity (Wildman–Crippen MR) is 74.2 cm³/mol. The van der Waals surface area contributed by atoms with Crippen LogP contribution in [0.4, 0.5) is 0 Å². The van der Waals surface area contributed by atoms with Crippen LogP contribution in [0.2, 0.25) is 10.0 Å². The number of ether oxygens (including phenoxy) is 1. The molecule has 98 valence electrons. The molecular formula is C14H17Cl2NO. The van der Waals surface area contributed by atoms with Crippen molar-refractivity contribution >= 4 is 23.2 Å². The lowest BCUT2D eigenvalue weighted by Crippen LogP contribution is -2.37. The molecular weight excluding hydrogens is 269 g/mol. The fourth-order valence-corrected chi connectivity index (χ4v) is 2.94. The zero-order chi connectivity index (χ0) is 12.5. The molecule has 2 fully saturated rings. The molecule has 3 rings (SSSR count). The van der Waals surface area contributed by atoms with Crippen LogP contribution in [0.3, 0.4) is 0 Å². The molecule has 1 N–H and O–H groups in total. The highest BCUT2D eigenvalue weighted by Crippen LogP contribution is 2.38. The summed E-state index contributed by atoms with van der Waals surface area (Å²) in [5.41, 5.74) is 1.17. The Kier molecular flexibility index (Phi) is 3.81. The van der Waals surface area contributed by atoms with E-state index in [-0.39, 0.29) is 0 Å². The van der Waals surface area contributed by atoms with E-state index in [1.165, 1.54) is 18.4 Å². The summed E-state index contributed by atoms with van der Waals surface area (Å²) < 4.78 is 5.81. The highest BCUT2D eigenvalue weighted by atomic mass is 35.5. The third kappa shape index (κ3) is 2.83. The second kappa shape index (κ2) is 5.38. The van der Waals surface area contributed by atoms with Gasteiger partial charge in [0, 0.05) is 19.2 Å². The summed E-state index contributed by atoms with van der Waals surface area (Å²) in [6.07, 6.45) is 4.20. The Balaban J connectivity index is 1.58. The fourth-order valence-electron chi connectivity index (χ4n) is 2.62. The number of benzene rings is 1. The number of rotatable bonds is 4. The average molecular weight is 286 g/mol. The van der Waals surface area contributed by atoms with E-state index in [1.807, 2.05) is 18.2 Å². The Labute approximate surface area is 118 Å². The van der Waals surface area contributed by atoms with Crippen LogP contribution in [0.15, 0.2) is 18.2 Å². The van der Waals surface area contributed by atoms with E-state index in [4.69, 9.17) is 27.9 Å². The van der Waals surface area contributed by atoms with Crippen molar-refractivity contribution in [2.24, 2.45) is 5.92 Å². The van der Waals surface area contributed by atoms with Crippen molar-refractivity contribution in [1.29, 1.82) is 0 Å². The molecule has 1 aliphatic carbocycles. The first kappa shape index (κ1) is 12.7. The lowest BCUT2D eigenvalue weighted by atomic mass is 10.1. The largest absolute Gasteiger partial charge is 0.376 e. The smallest absolute Gasteiger partial charge is 0.0757 e. The van der Waals surface area contributed by atoms with Crippen molar-refractivity contribution in [3.63, 3.8) is 0 Å². The molecule has 18 heavy (non-hydrogen) atoms. The van der Waals surface area contributed by atoms with Crippen molar-refractivity contribution in [2.75, 3.05) is 6.61 Å². The second-order valence-corrected chi connectivity index (χ2v) is 6.01. The maximum atomic E-state index is 6.01. The summed E-state index contributed by atoms with van der Waals surface area (Å²) in [5.74, 6) is 0.791. The van der Waals surface area contributed by atoms with Gasteiger partial charge < -0.3 is 10.1 Å². The Hall–Kier alpha value is -0.280. The van der Waals surface area contributed by atoms with Crippen molar-refractivity contribution in [2.45, 2.75) is 38.0 Å². The van der Waals surface area contributed by atoms with Crippen molar-refractivity contribution < 1.29 is 4.74 Å². The lowest BCUT2D eigenvalue weighted by Gasteiger charge is -2.19. The quantitative estimate of drug-likeness (QED) is 0.912. The van der Waals surface area contributed by atoms with E-state index in [1.54, 1.807) is 0 Å². The molecule has 1 aromatic rings. The lowest BCUT2D eigenvalue weighted by molar-refractivity contribution is 0.0809. The van der Waals surface area contributed by atoms with Gasteiger partial charge in [0.1, 0.15) is 0 Å². The Morgan fingerprint density at radius 1 is 1.17 bits per heavy atom. The standard InChI is InChI=1S/C14H17Cl2NO/c15-11-4-1-9(7-12(11)16)8-17-13-5-6-18-14(13)10-2-3-10/h1,4,7,10,13-14,17H,2-3,5-6,8H2. The summed E-state index contributed by atoms with van der Waals surface area (Å²) in [7, 11) is 0. The molecule has 1 heterocycles. The van der Waals surface area contributed by atoms with E-state index in [2.05, 4.69) is 5.32 Å². The number of nitrogens with one attached hydrogen (secondary N) is 1. The molecule has 1 saturated heterocycles. The molecule has 2 nitrogen and oxygen atoms in total. The van der Waals surface area contributed by atoms with Gasteiger partial charge in [0.2, 0.25) is 0 Å². The van der Waals surface area contributed by atoms with E-state index in [0.717, 1.165) is 25.5 Å². The van der Waals surface area contributed by atoms with Gasteiger partial charge in [-0.2, -0.15) is 0 Å². The summed E-state index contributed by atoms with van der Waals surface area (Å²) in [6.45, 7) is 1.72. The van der Waals surface area contributed by atoms with Gasteiger partial charge in [-0.1, -0.05) is 29.3 Å². The van der Waals surface area contributed by atoms with Gasteiger partial charge in [-0.15, -0.1) is 0 Å². The van der Waals surface area contributed by atoms with E-state index < -0.39 is 0 Å². The molecule has 0 bridgehead atoms. The number of hydrogen-bond donors (Lipinski definition) is 1. The highest BCUT2D eigenvalue weighted by Gasteiger charge is 2.40. The normalized spacial score (nSPS) is 27.7. The van der Waals surface area contributed by atoms with E-state index in [9.17, 15) is 0 Å². The van der Waals surface area contributed by atoms with E-state index >= 15 is 0 Å². The van der Waals surface area contributed by atoms with Crippen LogP contribution in [0.25, 0.3) is 0 Å². The molecule has 1 aromatic carbocycles. The minimum atomic E-state index is 0.424. The Bertz CT molecular complexity index is 434. The Morgan fingerprint density at radius 3 is 2.72 bits per heavy atom. The third-order valence-electron chi connectivity index (χ3n) is 3.77. The minimum Gasteiger partial charge on any atom is -0.376 e. The van der Waals surface area contributed by atoms with Crippen LogP contribution in [-0.4, -0.2) is 18.8 Å². The number of hydrogen-bond acceptors (Lipinski definition) is 2. The minimum absolute atomic E-state index is 0.424. The maximum absolute atomic E-state index is 6.01. The van der Waals surface area contributed by atoms with Gasteiger partial charge in [-0.05, 0) is 42.9 Å². The third-order valence-corrected chi connectivity index (χ3v) is 4.51. The van der Waals surface area contributed by atoms with Crippen molar-refractivity contribution in [3.05, 3.63) is 33.8 Å². The topological polar surface area (TPSA) is 21.3 Å². The first-order valence-corrected chi connectivity index (χ1v) is 7.28. The summed E-state index contributed by atoms with van der Waals surface area (Å²) in [6, 6.07) is 6.29. The van der Waals surface area contributed by atoms with Crippen molar-refractivity contribution in [3.8, 4) is 0 Å². The molecule has 0 spiro atoms. The molecule has 2 atom stereocenters. The fraction of sp³-hybridized carbons (Fsp3) is 0.571. The van der Waals surface area contributed by atoms with Gasteiger partial charge in [0.25, 0.3) is 0 Å². The van der Waals surface area contributed by atoms with Crippen LogP contribution in [-0.2, 0) is 11.3 Å². The first-order chi connectivity index (χ1) is 8.74. The molecule has 2 unspecified atom stereocenters. The molecule has 1 aliphatic heterocycles. The molecule has 2 aliphatic rings. The SMILES string of the molecule is Clc1ccc(CNC2CCOC2C2CC2)cc1Cl. The summed E-state index contributed by atoms with van der Waals surface area (Å²) in [4.78, 5) is 0. The van der Waals surface area contributed by atoms with Gasteiger partial charge in [-0.25, -0.2) is 0 Å². The first-order valence-electron chi connectivity index (χ1n) is 6.53. The van der Waals surface area contributed by atoms with Crippen LogP contribution in [0.5, 0.6) is 0 Å². The zero-order valence-corrected chi connectivity index (χ0v) is 11.7. The van der Waals surface area contributed by atoms with Gasteiger partial charge in [-0.3, -0.25) is 0 Å². The van der Waals surface area contributed by atoms with Crippen molar-refractivity contribution in [1.82, 2.24) is 5.32 Å². The average Bonchev–Trinajstić information content (AvgIpc) is 3.10. The molecule has 0 aromatic heterocycles. The highest BCUT2D eigenvalue weighted by molar-refractivity contribution is 6.42. The second-order valence-electron chi connectivity index (χ2n) is 5.20. The predicted octanol–water partition coefficient (Wildman–Crippen LogP) is 3.65. The van der Waals surface area contributed by atoms with Gasteiger partial charge >= 0.3 is 0 Å². The molecule has 4 heteroatoms. The maximum Gasteiger partial charge on any atom is 0.0757 e. The van der Waals surface area contributed by atoms with Crippen LogP contribution >= 0.6 is 23.2 Å². The van der Waals surface area contributed by atoms with Gasteiger partial charge in [0.15, 0.2) is 0 Å². The summed E-state index contributed by atoms with van der Waals surface area (Å²) in [5, 5.41) is 4.82. The molecule has 0 amide bonds. The monoisotopic (exact) mass is 285 g/mol.